The van der Waals surface area contributed by atoms with Crippen molar-refractivity contribution in [2.24, 2.45) is 11.8 Å². The van der Waals surface area contributed by atoms with Crippen molar-refractivity contribution in [2.75, 3.05) is 14.2 Å². The molecule has 1 aliphatic heterocycles. The molecule has 13 heteroatoms. The fourth-order valence-electron chi connectivity index (χ4n) is 2.96. The lowest BCUT2D eigenvalue weighted by Gasteiger charge is -2.32. The van der Waals surface area contributed by atoms with Gasteiger partial charge in [-0.15, -0.1) is 0 Å². The van der Waals surface area contributed by atoms with Gasteiger partial charge in [-0.25, -0.2) is 4.79 Å². The number of nitrogens with zero attached hydrogens (tertiary/aromatic N) is 1. The van der Waals surface area contributed by atoms with E-state index >= 15 is 0 Å². The number of imide groups is 1. The summed E-state index contributed by atoms with van der Waals surface area (Å²) in [4.78, 5) is 47.2. The SMILES string of the molecule is CN[C@@H](C)C(=O)N[C@@H](C)[C@@H](O)[C@@H](C)C(=O)N1C(=O)C=C(OC)[C@@H]1C(C)C.O=C(O)C(F)(F)F. The van der Waals surface area contributed by atoms with Crippen molar-refractivity contribution in [3.8, 4) is 0 Å². The average molecular weight is 483 g/mol. The standard InChI is InChI=1S/C18H31N3O5.C2HF3O2/c1-9(2)15-13(26-7)8-14(22)21(15)18(25)10(3)16(23)11(4)20-17(24)12(5)19-6;3-2(4,5)1(6)7/h8-12,15-16,19,23H,1-7H3,(H,20,24);(H,6,7)/t10-,11+,12+,15+,16+;/m1./s1. The highest BCUT2D eigenvalue weighted by Crippen LogP contribution is 2.28. The first-order valence-electron chi connectivity index (χ1n) is 10.1. The van der Waals surface area contributed by atoms with Crippen LogP contribution in [-0.4, -0.2) is 83.4 Å². The number of carbonyl (C=O) groups is 4. The number of halogens is 3. The maximum atomic E-state index is 12.9. The zero-order chi connectivity index (χ0) is 26.3. The summed E-state index contributed by atoms with van der Waals surface area (Å²) in [5.74, 6) is -4.45. The van der Waals surface area contributed by atoms with Gasteiger partial charge in [0.05, 0.1) is 37.3 Å². The quantitative estimate of drug-likeness (QED) is 0.394. The lowest BCUT2D eigenvalue weighted by molar-refractivity contribution is -0.192. The van der Waals surface area contributed by atoms with Crippen LogP contribution in [0.5, 0.6) is 0 Å². The highest BCUT2D eigenvalue weighted by Gasteiger charge is 2.43. The Balaban J connectivity index is 0.00000126. The number of likely N-dealkylation sites (N-methyl/N-ethyl adjacent to an activating group) is 1. The van der Waals surface area contributed by atoms with Crippen LogP contribution in [0.25, 0.3) is 0 Å². The van der Waals surface area contributed by atoms with Crippen molar-refractivity contribution in [3.63, 3.8) is 0 Å². The topological polar surface area (TPSA) is 145 Å². The molecule has 1 rings (SSSR count). The minimum Gasteiger partial charge on any atom is -0.499 e. The number of carboxylic acids is 1. The van der Waals surface area contributed by atoms with Crippen LogP contribution in [0.15, 0.2) is 11.8 Å². The van der Waals surface area contributed by atoms with Gasteiger partial charge < -0.3 is 25.6 Å². The molecule has 0 radical (unpaired) electrons. The van der Waals surface area contributed by atoms with Gasteiger partial charge in [0.1, 0.15) is 5.76 Å². The molecule has 0 unspecified atom stereocenters. The molecule has 0 saturated carbocycles. The van der Waals surface area contributed by atoms with Crippen LogP contribution in [0.1, 0.15) is 34.6 Å². The number of aliphatic carboxylic acids is 1. The number of alkyl halides is 3. The Kier molecular flexibility index (Phi) is 11.5. The molecule has 1 heterocycles. The van der Waals surface area contributed by atoms with E-state index in [2.05, 4.69) is 10.6 Å². The van der Waals surface area contributed by atoms with Crippen molar-refractivity contribution < 1.29 is 47.3 Å². The second-order valence-corrected chi connectivity index (χ2v) is 7.88. The van der Waals surface area contributed by atoms with Crippen molar-refractivity contribution in [2.45, 2.75) is 65.0 Å². The van der Waals surface area contributed by atoms with Crippen molar-refractivity contribution in [3.05, 3.63) is 11.8 Å². The van der Waals surface area contributed by atoms with Gasteiger partial charge >= 0.3 is 12.1 Å². The summed E-state index contributed by atoms with van der Waals surface area (Å²) in [5, 5.41) is 23.1. The maximum absolute atomic E-state index is 12.9. The first-order chi connectivity index (χ1) is 15.0. The second-order valence-electron chi connectivity index (χ2n) is 7.88. The van der Waals surface area contributed by atoms with E-state index in [1.165, 1.54) is 13.2 Å². The van der Waals surface area contributed by atoms with Gasteiger partial charge in [0.15, 0.2) is 0 Å². The van der Waals surface area contributed by atoms with Crippen LogP contribution in [-0.2, 0) is 23.9 Å². The third kappa shape index (κ3) is 8.31. The van der Waals surface area contributed by atoms with Gasteiger partial charge in [-0.1, -0.05) is 20.8 Å². The lowest BCUT2D eigenvalue weighted by atomic mass is 9.95. The fraction of sp³-hybridized carbons (Fsp3) is 0.700. The number of hydrogen-bond donors (Lipinski definition) is 4. The van der Waals surface area contributed by atoms with Gasteiger partial charge in [-0.3, -0.25) is 19.3 Å². The Labute approximate surface area is 190 Å². The van der Waals surface area contributed by atoms with E-state index in [0.29, 0.717) is 5.76 Å². The zero-order valence-electron chi connectivity index (χ0n) is 19.6. The summed E-state index contributed by atoms with van der Waals surface area (Å²) >= 11 is 0. The molecular formula is C20H32F3N3O7. The average Bonchev–Trinajstić information content (AvgIpc) is 3.07. The summed E-state index contributed by atoms with van der Waals surface area (Å²) in [6.45, 7) is 8.64. The van der Waals surface area contributed by atoms with Crippen molar-refractivity contribution in [1.29, 1.82) is 0 Å². The fourth-order valence-corrected chi connectivity index (χ4v) is 2.96. The zero-order valence-corrected chi connectivity index (χ0v) is 19.6. The van der Waals surface area contributed by atoms with Gasteiger partial charge in [0.25, 0.3) is 5.91 Å². The minimum absolute atomic E-state index is 0.0328. The molecule has 0 bridgehead atoms. The number of aliphatic hydroxyl groups excluding tert-OH is 1. The monoisotopic (exact) mass is 483 g/mol. The predicted octanol–water partition coefficient (Wildman–Crippen LogP) is 0.653. The lowest BCUT2D eigenvalue weighted by Crippen LogP contribution is -2.54. The summed E-state index contributed by atoms with van der Waals surface area (Å²) in [6.07, 6.45) is -4.91. The van der Waals surface area contributed by atoms with Crippen molar-refractivity contribution >= 4 is 23.7 Å². The number of rotatable bonds is 8. The maximum Gasteiger partial charge on any atom is 0.490 e. The number of aliphatic hydroxyl groups is 1. The first kappa shape index (κ1) is 30.3. The molecule has 4 N–H and O–H groups in total. The second kappa shape index (κ2) is 12.5. The number of amides is 3. The molecule has 1 aliphatic rings. The molecule has 0 aromatic heterocycles. The Morgan fingerprint density at radius 2 is 1.64 bits per heavy atom. The van der Waals surface area contributed by atoms with Crippen LogP contribution >= 0.6 is 0 Å². The number of nitrogens with one attached hydrogen (secondary N) is 2. The molecule has 0 saturated heterocycles. The Hall–Kier alpha value is -2.67. The Morgan fingerprint density at radius 1 is 1.15 bits per heavy atom. The molecule has 190 valence electrons. The molecule has 0 spiro atoms. The highest BCUT2D eigenvalue weighted by atomic mass is 19.4. The number of hydrogen-bond acceptors (Lipinski definition) is 7. The first-order valence-corrected chi connectivity index (χ1v) is 10.1. The summed E-state index contributed by atoms with van der Waals surface area (Å²) in [6, 6.07) is -1.57. The third-order valence-electron chi connectivity index (χ3n) is 5.03. The van der Waals surface area contributed by atoms with Crippen LogP contribution in [0.2, 0.25) is 0 Å². The van der Waals surface area contributed by atoms with E-state index in [4.69, 9.17) is 14.6 Å². The van der Waals surface area contributed by atoms with E-state index in [1.807, 2.05) is 13.8 Å². The van der Waals surface area contributed by atoms with E-state index in [-0.39, 0.29) is 11.8 Å². The van der Waals surface area contributed by atoms with Gasteiger partial charge in [0, 0.05) is 6.08 Å². The smallest absolute Gasteiger partial charge is 0.490 e. The van der Waals surface area contributed by atoms with Crippen LogP contribution < -0.4 is 10.6 Å². The number of carbonyl (C=O) groups excluding carboxylic acids is 3. The minimum atomic E-state index is -5.08. The van der Waals surface area contributed by atoms with Gasteiger partial charge in [-0.2, -0.15) is 13.2 Å². The summed E-state index contributed by atoms with van der Waals surface area (Å²) < 4.78 is 37.0. The molecule has 0 aromatic carbocycles. The van der Waals surface area contributed by atoms with Crippen LogP contribution in [0.4, 0.5) is 13.2 Å². The number of ether oxygens (including phenoxy) is 1. The van der Waals surface area contributed by atoms with E-state index < -0.39 is 54.1 Å². The van der Waals surface area contributed by atoms with E-state index in [9.17, 15) is 32.7 Å². The number of carboxylic acid groups (broad SMARTS) is 1. The molecule has 3 amide bonds. The molecule has 0 fully saturated rings. The molecule has 10 nitrogen and oxygen atoms in total. The highest BCUT2D eigenvalue weighted by molar-refractivity contribution is 6.05. The summed E-state index contributed by atoms with van der Waals surface area (Å²) in [5.41, 5.74) is 0. The number of methoxy groups -OCH3 is 1. The molecule has 0 aliphatic carbocycles. The van der Waals surface area contributed by atoms with E-state index in [1.54, 1.807) is 27.8 Å². The van der Waals surface area contributed by atoms with Crippen LogP contribution in [0.3, 0.4) is 0 Å². The Morgan fingerprint density at radius 3 is 2.00 bits per heavy atom. The largest absolute Gasteiger partial charge is 0.499 e. The molecule has 0 aromatic rings. The van der Waals surface area contributed by atoms with Crippen molar-refractivity contribution in [1.82, 2.24) is 15.5 Å². The molecule has 33 heavy (non-hydrogen) atoms. The van der Waals surface area contributed by atoms with Gasteiger partial charge in [0.2, 0.25) is 11.8 Å². The van der Waals surface area contributed by atoms with Crippen LogP contribution in [0, 0.1) is 11.8 Å². The Bertz CT molecular complexity index is 756. The van der Waals surface area contributed by atoms with E-state index in [0.717, 1.165) is 4.90 Å². The van der Waals surface area contributed by atoms with Gasteiger partial charge in [-0.05, 0) is 26.8 Å². The molecule has 5 atom stereocenters. The predicted molar refractivity (Wildman–Crippen MR) is 111 cm³/mol. The molecular weight excluding hydrogens is 451 g/mol. The normalized spacial score (nSPS) is 19.6. The third-order valence-corrected chi connectivity index (χ3v) is 5.03. The summed E-state index contributed by atoms with van der Waals surface area (Å²) in [7, 11) is 3.12.